The minimum absolute atomic E-state index is 0.132. The first-order chi connectivity index (χ1) is 11.0. The Hall–Kier alpha value is -2.83. The summed E-state index contributed by atoms with van der Waals surface area (Å²) >= 11 is 0. The number of benzene rings is 1. The van der Waals surface area contributed by atoms with Gasteiger partial charge in [0.15, 0.2) is 5.57 Å². The third kappa shape index (κ3) is 5.46. The lowest BCUT2D eigenvalue weighted by atomic mass is 10.2. The molecule has 0 aliphatic heterocycles. The van der Waals surface area contributed by atoms with Crippen LogP contribution in [0.1, 0.15) is 24.2 Å². The highest BCUT2D eigenvalue weighted by atomic mass is 16.6. The predicted molar refractivity (Wildman–Crippen MR) is 82.8 cm³/mol. The van der Waals surface area contributed by atoms with Crippen molar-refractivity contribution in [2.24, 2.45) is 0 Å². The molecule has 0 amide bonds. The molecule has 0 aliphatic carbocycles. The summed E-state index contributed by atoms with van der Waals surface area (Å²) in [6.45, 7) is 3.53. The highest BCUT2D eigenvalue weighted by molar-refractivity contribution is 6.14. The zero-order valence-electron chi connectivity index (χ0n) is 13.3. The second-order valence-electron chi connectivity index (χ2n) is 4.22. The molecule has 1 aromatic carbocycles. The number of hydrogen-bond acceptors (Lipinski definition) is 7. The molecule has 0 spiro atoms. The third-order valence-electron chi connectivity index (χ3n) is 2.66. The van der Waals surface area contributed by atoms with Gasteiger partial charge in [0.25, 0.3) is 0 Å². The quantitative estimate of drug-likeness (QED) is 0.269. The van der Waals surface area contributed by atoms with Gasteiger partial charge in [-0.15, -0.1) is 0 Å². The van der Waals surface area contributed by atoms with Crippen molar-refractivity contribution in [1.29, 1.82) is 0 Å². The molecule has 0 atom stereocenters. The van der Waals surface area contributed by atoms with Crippen LogP contribution in [0.5, 0.6) is 0 Å². The van der Waals surface area contributed by atoms with Crippen molar-refractivity contribution < 1.29 is 28.6 Å². The van der Waals surface area contributed by atoms with Gasteiger partial charge in [0, 0.05) is 11.9 Å². The van der Waals surface area contributed by atoms with E-state index in [-0.39, 0.29) is 18.8 Å². The average molecular weight is 321 g/mol. The Bertz CT molecular complexity index is 588. The van der Waals surface area contributed by atoms with Crippen molar-refractivity contribution in [2.75, 3.05) is 25.6 Å². The molecule has 124 valence electrons. The highest BCUT2D eigenvalue weighted by Crippen LogP contribution is 2.13. The molecule has 0 aliphatic rings. The van der Waals surface area contributed by atoms with E-state index in [2.05, 4.69) is 10.1 Å². The van der Waals surface area contributed by atoms with Crippen LogP contribution in [-0.4, -0.2) is 38.2 Å². The van der Waals surface area contributed by atoms with Gasteiger partial charge in [-0.1, -0.05) is 6.07 Å². The van der Waals surface area contributed by atoms with Crippen LogP contribution in [0.15, 0.2) is 36.0 Å². The first kappa shape index (κ1) is 18.2. The number of nitrogens with one attached hydrogen (secondary N) is 1. The fourth-order valence-corrected chi connectivity index (χ4v) is 1.63. The van der Waals surface area contributed by atoms with Gasteiger partial charge >= 0.3 is 17.9 Å². The summed E-state index contributed by atoms with van der Waals surface area (Å²) in [7, 11) is 1.28. The summed E-state index contributed by atoms with van der Waals surface area (Å²) in [5.74, 6) is -2.07. The van der Waals surface area contributed by atoms with Crippen molar-refractivity contribution in [3.63, 3.8) is 0 Å². The molecular formula is C16H19NO6. The van der Waals surface area contributed by atoms with E-state index in [9.17, 15) is 14.4 Å². The van der Waals surface area contributed by atoms with Crippen LogP contribution >= 0.6 is 0 Å². The Morgan fingerprint density at radius 2 is 1.70 bits per heavy atom. The van der Waals surface area contributed by atoms with E-state index in [0.717, 1.165) is 0 Å². The molecule has 1 rings (SSSR count). The second kappa shape index (κ2) is 9.24. The van der Waals surface area contributed by atoms with E-state index in [1.54, 1.807) is 32.0 Å². The van der Waals surface area contributed by atoms with Crippen LogP contribution in [0.4, 0.5) is 5.69 Å². The molecule has 23 heavy (non-hydrogen) atoms. The number of rotatable bonds is 7. The summed E-state index contributed by atoms with van der Waals surface area (Å²) in [6, 6.07) is 6.41. The van der Waals surface area contributed by atoms with Crippen molar-refractivity contribution in [3.05, 3.63) is 41.6 Å². The van der Waals surface area contributed by atoms with Crippen LogP contribution in [-0.2, 0) is 23.8 Å². The Morgan fingerprint density at radius 1 is 1.09 bits per heavy atom. The largest absolute Gasteiger partial charge is 0.465 e. The molecule has 7 heteroatoms. The van der Waals surface area contributed by atoms with E-state index in [1.807, 2.05) is 0 Å². The third-order valence-corrected chi connectivity index (χ3v) is 2.66. The van der Waals surface area contributed by atoms with Gasteiger partial charge < -0.3 is 19.5 Å². The first-order valence-electron chi connectivity index (χ1n) is 7.02. The number of esters is 3. The van der Waals surface area contributed by atoms with Gasteiger partial charge in [-0.2, -0.15) is 0 Å². The van der Waals surface area contributed by atoms with E-state index in [1.165, 1.54) is 19.4 Å². The minimum atomic E-state index is -0.789. The van der Waals surface area contributed by atoms with Gasteiger partial charge in [0.1, 0.15) is 0 Å². The molecule has 0 saturated carbocycles. The van der Waals surface area contributed by atoms with Crippen molar-refractivity contribution in [3.8, 4) is 0 Å². The van der Waals surface area contributed by atoms with Gasteiger partial charge in [-0.25, -0.2) is 14.4 Å². The maximum atomic E-state index is 11.8. The van der Waals surface area contributed by atoms with Gasteiger partial charge in [-0.3, -0.25) is 0 Å². The number of carbonyl (C=O) groups is 3. The fraction of sp³-hybridized carbons (Fsp3) is 0.312. The number of methoxy groups -OCH3 is 1. The van der Waals surface area contributed by atoms with Crippen molar-refractivity contribution in [1.82, 2.24) is 0 Å². The maximum absolute atomic E-state index is 11.8. The molecule has 1 N–H and O–H groups in total. The van der Waals surface area contributed by atoms with Crippen molar-refractivity contribution >= 4 is 23.6 Å². The summed E-state index contributed by atoms with van der Waals surface area (Å²) in [5.41, 5.74) is 0.566. The smallest absolute Gasteiger partial charge is 0.347 e. The summed E-state index contributed by atoms with van der Waals surface area (Å²) in [5, 5.41) is 2.77. The Labute approximate surface area is 134 Å². The molecular weight excluding hydrogens is 302 g/mol. The number of hydrogen-bond donors (Lipinski definition) is 1. The fourth-order valence-electron chi connectivity index (χ4n) is 1.63. The molecule has 0 radical (unpaired) electrons. The van der Waals surface area contributed by atoms with Gasteiger partial charge in [-0.05, 0) is 32.0 Å². The predicted octanol–water partition coefficient (Wildman–Crippen LogP) is 1.90. The van der Waals surface area contributed by atoms with Crippen LogP contribution in [0, 0.1) is 0 Å². The Morgan fingerprint density at radius 3 is 2.22 bits per heavy atom. The monoisotopic (exact) mass is 321 g/mol. The zero-order valence-corrected chi connectivity index (χ0v) is 13.3. The second-order valence-corrected chi connectivity index (χ2v) is 4.22. The van der Waals surface area contributed by atoms with Crippen LogP contribution in [0.3, 0.4) is 0 Å². The van der Waals surface area contributed by atoms with E-state index < -0.39 is 17.9 Å². The van der Waals surface area contributed by atoms with Gasteiger partial charge in [0.2, 0.25) is 0 Å². The van der Waals surface area contributed by atoms with Crippen molar-refractivity contribution in [2.45, 2.75) is 13.8 Å². The number of carbonyl (C=O) groups excluding carboxylic acids is 3. The molecule has 1 aromatic rings. The van der Waals surface area contributed by atoms with Crippen LogP contribution in [0.25, 0.3) is 0 Å². The molecule has 0 bridgehead atoms. The standard InChI is InChI=1S/C16H19NO6/c1-4-22-15(19)13(16(20)23-5-2)10-17-12-8-6-7-11(9-12)14(18)21-3/h6-10,17H,4-5H2,1-3H3. The van der Waals surface area contributed by atoms with E-state index in [0.29, 0.717) is 11.3 Å². The Balaban J connectivity index is 2.98. The Kier molecular flexibility index (Phi) is 7.32. The zero-order chi connectivity index (χ0) is 17.2. The SMILES string of the molecule is CCOC(=O)C(=CNc1cccc(C(=O)OC)c1)C(=O)OCC. The van der Waals surface area contributed by atoms with E-state index >= 15 is 0 Å². The lowest BCUT2D eigenvalue weighted by Gasteiger charge is -2.08. The minimum Gasteiger partial charge on any atom is -0.465 e. The average Bonchev–Trinajstić information content (AvgIpc) is 2.55. The number of ether oxygens (including phenoxy) is 3. The van der Waals surface area contributed by atoms with E-state index in [4.69, 9.17) is 9.47 Å². The maximum Gasteiger partial charge on any atom is 0.347 e. The normalized spacial score (nSPS) is 9.52. The summed E-state index contributed by atoms with van der Waals surface area (Å²) in [6.07, 6.45) is 1.19. The topological polar surface area (TPSA) is 90.9 Å². The molecule has 7 nitrogen and oxygen atoms in total. The number of anilines is 1. The van der Waals surface area contributed by atoms with Gasteiger partial charge in [0.05, 0.1) is 25.9 Å². The van der Waals surface area contributed by atoms with Crippen LogP contribution in [0.2, 0.25) is 0 Å². The molecule has 0 aromatic heterocycles. The van der Waals surface area contributed by atoms with Crippen LogP contribution < -0.4 is 5.32 Å². The highest BCUT2D eigenvalue weighted by Gasteiger charge is 2.20. The molecule has 0 unspecified atom stereocenters. The first-order valence-corrected chi connectivity index (χ1v) is 7.02. The molecule has 0 heterocycles. The molecule has 0 fully saturated rings. The lowest BCUT2D eigenvalue weighted by molar-refractivity contribution is -0.146. The summed E-state index contributed by atoms with van der Waals surface area (Å²) in [4.78, 5) is 35.1. The lowest BCUT2D eigenvalue weighted by Crippen LogP contribution is -2.19. The summed E-state index contributed by atoms with van der Waals surface area (Å²) < 4.78 is 14.3. The molecule has 0 saturated heterocycles.